The van der Waals surface area contributed by atoms with E-state index in [0.29, 0.717) is 0 Å². The van der Waals surface area contributed by atoms with Crippen LogP contribution in [-0.2, 0) is 4.80 Å². The molecular formula is C5H15OSi2. The predicted octanol–water partition coefficient (Wildman–Crippen LogP) is 2.04. The van der Waals surface area contributed by atoms with Crippen molar-refractivity contribution in [3.63, 3.8) is 0 Å². The van der Waals surface area contributed by atoms with Crippen molar-refractivity contribution in [3.05, 3.63) is 0 Å². The fourth-order valence-electron chi connectivity index (χ4n) is 0. The highest BCUT2D eigenvalue weighted by Gasteiger charge is 2.37. The molecule has 3 heteroatoms. The zero-order valence-electron chi connectivity index (χ0n) is 6.41. The normalized spacial score (nSPS) is 14.2. The van der Waals surface area contributed by atoms with Crippen LogP contribution in [0.25, 0.3) is 0 Å². The van der Waals surface area contributed by atoms with Crippen LogP contribution in [0, 0.1) is 0 Å². The second-order valence-corrected chi connectivity index (χ2v) is 19.4. The van der Waals surface area contributed by atoms with E-state index in [-0.39, 0.29) is 0 Å². The Hall–Kier alpha value is 0.394. The van der Waals surface area contributed by atoms with Gasteiger partial charge in [-0.05, 0) is 13.1 Å². The Morgan fingerprint density at radius 2 is 1.00 bits per heavy atom. The lowest BCUT2D eigenvalue weighted by molar-refractivity contribution is 0.447. The summed E-state index contributed by atoms with van der Waals surface area (Å²) in [5, 5.41) is 0. The van der Waals surface area contributed by atoms with Crippen molar-refractivity contribution >= 4 is 15.4 Å². The Labute approximate surface area is 53.7 Å². The van der Waals surface area contributed by atoms with Crippen LogP contribution >= 0.6 is 0 Å². The van der Waals surface area contributed by atoms with E-state index in [0.717, 1.165) is 0 Å². The van der Waals surface area contributed by atoms with Gasteiger partial charge in [0.2, 0.25) is 7.83 Å². The number of rotatable bonds is 1. The number of hydrogen-bond donors (Lipinski definition) is 0. The smallest absolute Gasteiger partial charge is 0.217 e. The number of hydrogen-bond acceptors (Lipinski definition) is 0. The van der Waals surface area contributed by atoms with Gasteiger partial charge in [-0.3, -0.25) is 0 Å². The predicted molar refractivity (Wildman–Crippen MR) is 41.5 cm³/mol. The third kappa shape index (κ3) is 2.11. The van der Waals surface area contributed by atoms with Gasteiger partial charge in [0.1, 0.15) is 0 Å². The molecule has 0 spiro atoms. The van der Waals surface area contributed by atoms with Crippen molar-refractivity contribution in [2.75, 3.05) is 0 Å². The van der Waals surface area contributed by atoms with E-state index in [1.807, 2.05) is 13.1 Å². The maximum atomic E-state index is 11.3. The van der Waals surface area contributed by atoms with Gasteiger partial charge >= 0.3 is 0 Å². The molecule has 0 atom stereocenters. The van der Waals surface area contributed by atoms with E-state index >= 15 is 0 Å². The largest absolute Gasteiger partial charge is 0.302 e. The SMILES string of the molecule is C[Si](C)(C)[Si](C)(C)[O]. The molecule has 8 heavy (non-hydrogen) atoms. The maximum Gasteiger partial charge on any atom is 0.217 e. The first-order valence-corrected chi connectivity index (χ1v) is 10.4. The van der Waals surface area contributed by atoms with Gasteiger partial charge in [-0.25, -0.2) is 0 Å². The first-order chi connectivity index (χ1) is 3.25. The molecular weight excluding hydrogens is 132 g/mol. The zero-order valence-corrected chi connectivity index (χ0v) is 8.41. The monoisotopic (exact) mass is 147 g/mol. The Kier molecular flexibility index (Phi) is 2.06. The van der Waals surface area contributed by atoms with Crippen molar-refractivity contribution in [3.8, 4) is 0 Å². The summed E-state index contributed by atoms with van der Waals surface area (Å²) in [6, 6.07) is 0. The average Bonchev–Trinajstić information content (AvgIpc) is 1.25. The average molecular weight is 147 g/mol. The highest BCUT2D eigenvalue weighted by molar-refractivity contribution is 7.37. The van der Waals surface area contributed by atoms with Crippen LogP contribution in [-0.4, -0.2) is 15.4 Å². The summed E-state index contributed by atoms with van der Waals surface area (Å²) >= 11 is 0. The minimum absolute atomic E-state index is 1.28. The second-order valence-electron chi connectivity index (χ2n) is 3.76. The molecule has 0 aromatic heterocycles. The van der Waals surface area contributed by atoms with Gasteiger partial charge < -0.3 is 4.80 Å². The van der Waals surface area contributed by atoms with Crippen molar-refractivity contribution in [2.45, 2.75) is 32.7 Å². The van der Waals surface area contributed by atoms with Crippen LogP contribution in [0.1, 0.15) is 0 Å². The van der Waals surface area contributed by atoms with E-state index in [2.05, 4.69) is 19.6 Å². The molecule has 0 amide bonds. The lowest BCUT2D eigenvalue weighted by atomic mass is 11.8. The van der Waals surface area contributed by atoms with Crippen LogP contribution in [0.4, 0.5) is 0 Å². The van der Waals surface area contributed by atoms with Crippen molar-refractivity contribution in [1.82, 2.24) is 0 Å². The van der Waals surface area contributed by atoms with Crippen LogP contribution in [0.2, 0.25) is 32.7 Å². The Morgan fingerprint density at radius 1 is 0.875 bits per heavy atom. The van der Waals surface area contributed by atoms with E-state index in [1.165, 1.54) is 0 Å². The van der Waals surface area contributed by atoms with Gasteiger partial charge in [-0.2, -0.15) is 0 Å². The van der Waals surface area contributed by atoms with Gasteiger partial charge in [0, 0.05) is 0 Å². The third-order valence-electron chi connectivity index (χ3n) is 1.81. The Bertz CT molecular complexity index is 65.4. The summed E-state index contributed by atoms with van der Waals surface area (Å²) in [6.45, 7) is 10.3. The van der Waals surface area contributed by atoms with Gasteiger partial charge in [0.15, 0.2) is 0 Å². The molecule has 0 aliphatic carbocycles. The summed E-state index contributed by atoms with van der Waals surface area (Å²) < 4.78 is 0. The molecule has 0 saturated carbocycles. The molecule has 0 unspecified atom stereocenters. The van der Waals surface area contributed by atoms with E-state index < -0.39 is 15.4 Å². The van der Waals surface area contributed by atoms with Crippen LogP contribution in [0.3, 0.4) is 0 Å². The molecule has 1 nitrogen and oxygen atoms in total. The molecule has 0 aromatic rings. The molecule has 0 bridgehead atoms. The molecule has 0 aromatic carbocycles. The molecule has 0 N–H and O–H groups in total. The minimum atomic E-state index is -1.97. The lowest BCUT2D eigenvalue weighted by Gasteiger charge is -2.25. The van der Waals surface area contributed by atoms with Gasteiger partial charge in [0.05, 0.1) is 7.59 Å². The van der Waals surface area contributed by atoms with Crippen LogP contribution in [0.5, 0.6) is 0 Å². The van der Waals surface area contributed by atoms with Crippen LogP contribution in [0.15, 0.2) is 0 Å². The van der Waals surface area contributed by atoms with Crippen LogP contribution < -0.4 is 0 Å². The van der Waals surface area contributed by atoms with E-state index in [9.17, 15) is 4.80 Å². The topological polar surface area (TPSA) is 19.9 Å². The van der Waals surface area contributed by atoms with E-state index in [4.69, 9.17) is 0 Å². The molecule has 0 aliphatic rings. The zero-order chi connectivity index (χ0) is 7.00. The molecule has 49 valence electrons. The summed E-state index contributed by atoms with van der Waals surface area (Å²) in [6.07, 6.45) is 0. The molecule has 1 radical (unpaired) electrons. The summed E-state index contributed by atoms with van der Waals surface area (Å²) in [7, 11) is -3.25. The fourth-order valence-corrected chi connectivity index (χ4v) is 0. The summed E-state index contributed by atoms with van der Waals surface area (Å²) in [4.78, 5) is 11.3. The summed E-state index contributed by atoms with van der Waals surface area (Å²) in [5.74, 6) is 0. The first-order valence-electron chi connectivity index (χ1n) is 2.95. The van der Waals surface area contributed by atoms with Gasteiger partial charge in [-0.15, -0.1) is 0 Å². The Morgan fingerprint density at radius 3 is 1.00 bits per heavy atom. The Balaban J connectivity index is 4.02. The molecule has 0 heterocycles. The second kappa shape index (κ2) is 1.97. The molecule has 0 aliphatic heterocycles. The van der Waals surface area contributed by atoms with Gasteiger partial charge in [0.25, 0.3) is 0 Å². The van der Waals surface area contributed by atoms with Crippen molar-refractivity contribution < 1.29 is 4.80 Å². The molecule has 0 saturated heterocycles. The quantitative estimate of drug-likeness (QED) is 0.506. The van der Waals surface area contributed by atoms with Gasteiger partial charge in [-0.1, -0.05) is 19.6 Å². The first kappa shape index (κ1) is 8.39. The molecule has 0 rings (SSSR count). The van der Waals surface area contributed by atoms with Crippen molar-refractivity contribution in [1.29, 1.82) is 0 Å². The fraction of sp³-hybridized carbons (Fsp3) is 1.00. The summed E-state index contributed by atoms with van der Waals surface area (Å²) in [5.41, 5.74) is 0. The van der Waals surface area contributed by atoms with E-state index in [1.54, 1.807) is 0 Å². The highest BCUT2D eigenvalue weighted by atomic mass is 29.3. The maximum absolute atomic E-state index is 11.3. The lowest BCUT2D eigenvalue weighted by Crippen LogP contribution is -2.51. The minimum Gasteiger partial charge on any atom is -0.302 e. The highest BCUT2D eigenvalue weighted by Crippen LogP contribution is 2.14. The van der Waals surface area contributed by atoms with Crippen molar-refractivity contribution in [2.24, 2.45) is 0 Å². The molecule has 0 fully saturated rings. The third-order valence-corrected chi connectivity index (χ3v) is 16.3. The standard InChI is InChI=1S/C5H15OSi2/c1-7(2,3)8(4,5)6/h1-5H3.